The van der Waals surface area contributed by atoms with Gasteiger partial charge in [0, 0.05) is 16.7 Å². The van der Waals surface area contributed by atoms with Crippen molar-refractivity contribution in [3.8, 4) is 16.9 Å². The number of rotatable bonds is 8. The van der Waals surface area contributed by atoms with E-state index >= 15 is 0 Å². The van der Waals surface area contributed by atoms with Gasteiger partial charge in [-0.2, -0.15) is 0 Å². The Morgan fingerprint density at radius 2 is 1.74 bits per heavy atom. The van der Waals surface area contributed by atoms with Gasteiger partial charge in [-0.1, -0.05) is 94.3 Å². The van der Waals surface area contributed by atoms with Gasteiger partial charge in [-0.15, -0.1) is 0 Å². The Labute approximate surface area is 189 Å². The summed E-state index contributed by atoms with van der Waals surface area (Å²) in [5.41, 5.74) is 4.94. The third-order valence-corrected chi connectivity index (χ3v) is 7.56. The lowest BCUT2D eigenvalue weighted by molar-refractivity contribution is 0.435. The molecular formula is C27H32N2OS. The van der Waals surface area contributed by atoms with Crippen molar-refractivity contribution in [3.05, 3.63) is 76.1 Å². The summed E-state index contributed by atoms with van der Waals surface area (Å²) in [6.07, 6.45) is 6.63. The second-order valence-electron chi connectivity index (χ2n) is 8.75. The van der Waals surface area contributed by atoms with Gasteiger partial charge >= 0.3 is 0 Å². The van der Waals surface area contributed by atoms with Crippen LogP contribution in [0.25, 0.3) is 16.9 Å². The minimum atomic E-state index is -0.214. The van der Waals surface area contributed by atoms with E-state index in [9.17, 15) is 4.79 Å². The quantitative estimate of drug-likeness (QED) is 0.223. The predicted octanol–water partition coefficient (Wildman–Crippen LogP) is 6.80. The summed E-state index contributed by atoms with van der Waals surface area (Å²) >= 11 is 1.71. The van der Waals surface area contributed by atoms with Gasteiger partial charge in [-0.3, -0.25) is 9.36 Å². The summed E-state index contributed by atoms with van der Waals surface area (Å²) in [5.74, 6) is 0.977. The maximum Gasteiger partial charge on any atom is 0.263 e. The van der Waals surface area contributed by atoms with Crippen LogP contribution in [0.4, 0.5) is 0 Å². The maximum absolute atomic E-state index is 14.1. The van der Waals surface area contributed by atoms with E-state index in [1.165, 1.54) is 24.8 Å². The van der Waals surface area contributed by atoms with Crippen LogP contribution in [-0.2, 0) is 11.8 Å². The van der Waals surface area contributed by atoms with E-state index in [0.717, 1.165) is 52.7 Å². The normalized spacial score (nSPS) is 17.3. The number of para-hydroxylation sites is 1. The molecule has 0 N–H and O–H groups in total. The summed E-state index contributed by atoms with van der Waals surface area (Å²) in [6.45, 7) is 6.63. The fourth-order valence-corrected chi connectivity index (χ4v) is 5.55. The van der Waals surface area contributed by atoms with E-state index in [1.807, 2.05) is 34.9 Å². The Bertz CT molecular complexity index is 1110. The fraction of sp³-hybridized carbons (Fsp3) is 0.407. The van der Waals surface area contributed by atoms with Crippen LogP contribution in [0.2, 0.25) is 0 Å². The van der Waals surface area contributed by atoms with Crippen LogP contribution in [0.15, 0.2) is 64.5 Å². The van der Waals surface area contributed by atoms with Crippen molar-refractivity contribution in [2.75, 3.05) is 5.75 Å². The Morgan fingerprint density at radius 1 is 1.00 bits per heavy atom. The van der Waals surface area contributed by atoms with Crippen LogP contribution in [0.3, 0.4) is 0 Å². The molecule has 1 atom stereocenters. The van der Waals surface area contributed by atoms with Crippen molar-refractivity contribution < 1.29 is 0 Å². The number of hydrogen-bond donors (Lipinski definition) is 0. The van der Waals surface area contributed by atoms with Crippen LogP contribution in [0.1, 0.15) is 64.0 Å². The molecule has 31 heavy (non-hydrogen) atoms. The molecule has 0 saturated heterocycles. The molecule has 1 aliphatic rings. The molecule has 2 aromatic carbocycles. The monoisotopic (exact) mass is 432 g/mol. The maximum atomic E-state index is 14.1. The Hall–Kier alpha value is -2.33. The van der Waals surface area contributed by atoms with Crippen LogP contribution >= 0.6 is 11.8 Å². The van der Waals surface area contributed by atoms with Gasteiger partial charge in [0.1, 0.15) is 0 Å². The van der Waals surface area contributed by atoms with Gasteiger partial charge in [-0.25, -0.2) is 4.98 Å². The lowest BCUT2D eigenvalue weighted by atomic mass is 9.69. The van der Waals surface area contributed by atoms with E-state index in [4.69, 9.17) is 4.98 Å². The van der Waals surface area contributed by atoms with Crippen molar-refractivity contribution in [2.24, 2.45) is 0 Å². The summed E-state index contributed by atoms with van der Waals surface area (Å²) in [5, 5.41) is 0.807. The molecular weight excluding hydrogens is 400 g/mol. The number of unbranched alkanes of at least 4 members (excludes halogenated alkanes) is 3. The number of aromatic nitrogens is 2. The Kier molecular flexibility index (Phi) is 6.66. The summed E-state index contributed by atoms with van der Waals surface area (Å²) in [7, 11) is 0. The topological polar surface area (TPSA) is 34.9 Å². The molecule has 0 radical (unpaired) electrons. The van der Waals surface area contributed by atoms with Crippen molar-refractivity contribution in [3.63, 3.8) is 0 Å². The van der Waals surface area contributed by atoms with Crippen LogP contribution in [0.5, 0.6) is 0 Å². The summed E-state index contributed by atoms with van der Waals surface area (Å²) in [4.78, 5) is 19.2. The van der Waals surface area contributed by atoms with Crippen molar-refractivity contribution >= 4 is 11.8 Å². The molecule has 162 valence electrons. The number of benzene rings is 2. The molecule has 1 unspecified atom stereocenters. The van der Waals surface area contributed by atoms with E-state index in [2.05, 4.69) is 45.0 Å². The van der Waals surface area contributed by atoms with E-state index < -0.39 is 0 Å². The smallest absolute Gasteiger partial charge is 0.263 e. The number of fused-ring (bicyclic) bond motifs is 3. The third kappa shape index (κ3) is 4.23. The first kappa shape index (κ1) is 21.9. The largest absolute Gasteiger partial charge is 0.268 e. The van der Waals surface area contributed by atoms with Crippen molar-refractivity contribution in [1.82, 2.24) is 9.55 Å². The average Bonchev–Trinajstić information content (AvgIpc) is 2.79. The van der Waals surface area contributed by atoms with E-state index in [1.54, 1.807) is 11.8 Å². The molecule has 4 rings (SSSR count). The first-order chi connectivity index (χ1) is 15.1. The SMILES string of the molecule is CCCCCCSc1nc2c(c(=O)n1-c1ccccc1)C(C)(CC)Cc1ccccc1-2. The van der Waals surface area contributed by atoms with Gasteiger partial charge in [0.2, 0.25) is 0 Å². The first-order valence-corrected chi connectivity index (χ1v) is 12.5. The van der Waals surface area contributed by atoms with E-state index in [0.29, 0.717) is 0 Å². The molecule has 3 aromatic rings. The van der Waals surface area contributed by atoms with Gasteiger partial charge < -0.3 is 0 Å². The van der Waals surface area contributed by atoms with Gasteiger partial charge in [0.05, 0.1) is 16.9 Å². The number of nitrogens with zero attached hydrogens (tertiary/aromatic N) is 2. The summed E-state index contributed by atoms with van der Waals surface area (Å²) in [6, 6.07) is 18.5. The molecule has 0 amide bonds. The summed E-state index contributed by atoms with van der Waals surface area (Å²) < 4.78 is 1.85. The van der Waals surface area contributed by atoms with Crippen LogP contribution in [-0.4, -0.2) is 15.3 Å². The molecule has 0 spiro atoms. The van der Waals surface area contributed by atoms with Gasteiger partial charge in [-0.05, 0) is 37.0 Å². The Balaban J connectivity index is 1.89. The minimum absolute atomic E-state index is 0.0890. The predicted molar refractivity (Wildman–Crippen MR) is 131 cm³/mol. The second kappa shape index (κ2) is 9.44. The van der Waals surface area contributed by atoms with Crippen LogP contribution < -0.4 is 5.56 Å². The minimum Gasteiger partial charge on any atom is -0.268 e. The molecule has 1 aliphatic carbocycles. The van der Waals surface area contributed by atoms with Gasteiger partial charge in [0.15, 0.2) is 5.16 Å². The highest BCUT2D eigenvalue weighted by atomic mass is 32.2. The number of hydrogen-bond acceptors (Lipinski definition) is 3. The lowest BCUT2D eigenvalue weighted by Gasteiger charge is -2.35. The van der Waals surface area contributed by atoms with E-state index in [-0.39, 0.29) is 11.0 Å². The zero-order valence-corrected chi connectivity index (χ0v) is 19.7. The molecule has 0 saturated carbocycles. The molecule has 0 fully saturated rings. The molecule has 0 bridgehead atoms. The molecule has 1 aromatic heterocycles. The average molecular weight is 433 g/mol. The highest BCUT2D eigenvalue weighted by molar-refractivity contribution is 7.99. The van der Waals surface area contributed by atoms with Gasteiger partial charge in [0.25, 0.3) is 5.56 Å². The van der Waals surface area contributed by atoms with Crippen molar-refractivity contribution in [1.29, 1.82) is 0 Å². The highest BCUT2D eigenvalue weighted by Crippen LogP contribution is 2.43. The molecule has 0 aliphatic heterocycles. The number of thioether (sulfide) groups is 1. The third-order valence-electron chi connectivity index (χ3n) is 6.53. The Morgan fingerprint density at radius 3 is 2.48 bits per heavy atom. The standard InChI is InChI=1S/C27H32N2OS/c1-4-6-7-13-18-31-26-28-24-22-17-12-11-14-20(22)19-27(3,5-2)23(24)25(30)29(26)21-15-9-8-10-16-21/h8-12,14-17H,4-7,13,18-19H2,1-3H3. The molecule has 4 heteroatoms. The zero-order chi connectivity index (χ0) is 21.8. The lowest BCUT2D eigenvalue weighted by Crippen LogP contribution is -2.39. The highest BCUT2D eigenvalue weighted by Gasteiger charge is 2.38. The fourth-order valence-electron chi connectivity index (χ4n) is 4.55. The molecule has 1 heterocycles. The first-order valence-electron chi connectivity index (χ1n) is 11.5. The second-order valence-corrected chi connectivity index (χ2v) is 9.81. The molecule has 3 nitrogen and oxygen atoms in total. The van der Waals surface area contributed by atoms with Crippen LogP contribution in [0, 0.1) is 0 Å². The van der Waals surface area contributed by atoms with Crippen molar-refractivity contribution in [2.45, 2.75) is 69.9 Å². The zero-order valence-electron chi connectivity index (χ0n) is 18.9.